The minimum atomic E-state index is -0.390. The quantitative estimate of drug-likeness (QED) is 0.350. The van der Waals surface area contributed by atoms with E-state index in [4.69, 9.17) is 20.6 Å². The fraction of sp³-hybridized carbons (Fsp3) is 0.429. The maximum atomic E-state index is 11.5. The standard InChI is InChI=1S/C14H20N2O3S/c1-3-4-7-19-12-6-5-10(13(17)18-2)8-11(12)9-20-14(15)16/h5-6,8H,3-4,7,9H2,1-2H3,(H3,15,16). The number of benzene rings is 1. The second-order valence-corrected chi connectivity index (χ2v) is 5.19. The van der Waals surface area contributed by atoms with E-state index in [9.17, 15) is 4.79 Å². The fourth-order valence-electron chi connectivity index (χ4n) is 1.56. The third-order valence-electron chi connectivity index (χ3n) is 2.62. The van der Waals surface area contributed by atoms with Crippen molar-refractivity contribution in [2.24, 2.45) is 5.73 Å². The number of unbranched alkanes of at least 4 members (excludes halogenated alkanes) is 1. The fourth-order valence-corrected chi connectivity index (χ4v) is 2.10. The second kappa shape index (κ2) is 8.47. The molecule has 5 nitrogen and oxygen atoms in total. The predicted molar refractivity (Wildman–Crippen MR) is 81.4 cm³/mol. The van der Waals surface area contributed by atoms with Crippen LogP contribution in [0.5, 0.6) is 5.75 Å². The lowest BCUT2D eigenvalue weighted by atomic mass is 10.1. The van der Waals surface area contributed by atoms with Gasteiger partial charge in [0.2, 0.25) is 0 Å². The van der Waals surface area contributed by atoms with Crippen molar-refractivity contribution in [2.45, 2.75) is 25.5 Å². The zero-order valence-corrected chi connectivity index (χ0v) is 12.6. The van der Waals surface area contributed by atoms with E-state index in [-0.39, 0.29) is 11.1 Å². The lowest BCUT2D eigenvalue weighted by molar-refractivity contribution is 0.0600. The summed E-state index contributed by atoms with van der Waals surface area (Å²) in [5.74, 6) is 0.820. The Kier molecular flexibility index (Phi) is 6.93. The summed E-state index contributed by atoms with van der Waals surface area (Å²) in [5.41, 5.74) is 6.65. The Hall–Kier alpha value is -1.69. The highest BCUT2D eigenvalue weighted by Gasteiger charge is 2.11. The number of thioether (sulfide) groups is 1. The molecule has 0 atom stereocenters. The summed E-state index contributed by atoms with van der Waals surface area (Å²) in [6, 6.07) is 5.16. The van der Waals surface area contributed by atoms with Crippen molar-refractivity contribution in [1.29, 1.82) is 5.41 Å². The zero-order chi connectivity index (χ0) is 15.0. The highest BCUT2D eigenvalue weighted by atomic mass is 32.2. The Bertz CT molecular complexity index is 477. The maximum Gasteiger partial charge on any atom is 0.337 e. The molecule has 0 radical (unpaired) electrons. The van der Waals surface area contributed by atoms with Gasteiger partial charge in [0.1, 0.15) is 5.75 Å². The van der Waals surface area contributed by atoms with Gasteiger partial charge in [0, 0.05) is 11.3 Å². The number of carbonyl (C=O) groups excluding carboxylic acids is 1. The number of ether oxygens (including phenoxy) is 2. The first-order valence-electron chi connectivity index (χ1n) is 6.39. The van der Waals surface area contributed by atoms with E-state index in [0.717, 1.165) is 24.2 Å². The third-order valence-corrected chi connectivity index (χ3v) is 3.39. The van der Waals surface area contributed by atoms with Gasteiger partial charge in [-0.1, -0.05) is 25.1 Å². The molecule has 0 saturated carbocycles. The molecule has 0 bridgehead atoms. The lowest BCUT2D eigenvalue weighted by Crippen LogP contribution is -2.07. The van der Waals surface area contributed by atoms with Gasteiger partial charge in [-0.15, -0.1) is 0 Å². The molecule has 6 heteroatoms. The molecule has 110 valence electrons. The number of carbonyl (C=O) groups is 1. The van der Waals surface area contributed by atoms with Gasteiger partial charge in [0.25, 0.3) is 0 Å². The number of nitrogens with one attached hydrogen (secondary N) is 1. The van der Waals surface area contributed by atoms with Gasteiger partial charge in [-0.3, -0.25) is 5.41 Å². The van der Waals surface area contributed by atoms with Crippen LogP contribution in [0.1, 0.15) is 35.7 Å². The van der Waals surface area contributed by atoms with Crippen molar-refractivity contribution in [3.63, 3.8) is 0 Å². The van der Waals surface area contributed by atoms with E-state index in [2.05, 4.69) is 6.92 Å². The van der Waals surface area contributed by atoms with Gasteiger partial charge in [-0.25, -0.2) is 4.79 Å². The van der Waals surface area contributed by atoms with Crippen LogP contribution in [0.15, 0.2) is 18.2 Å². The summed E-state index contributed by atoms with van der Waals surface area (Å²) in [7, 11) is 1.35. The van der Waals surface area contributed by atoms with Crippen molar-refractivity contribution < 1.29 is 14.3 Å². The van der Waals surface area contributed by atoms with Gasteiger partial charge in [-0.2, -0.15) is 0 Å². The van der Waals surface area contributed by atoms with Gasteiger partial charge in [0.15, 0.2) is 5.17 Å². The number of methoxy groups -OCH3 is 1. The summed E-state index contributed by atoms with van der Waals surface area (Å²) >= 11 is 1.19. The summed E-state index contributed by atoms with van der Waals surface area (Å²) < 4.78 is 10.4. The summed E-state index contributed by atoms with van der Waals surface area (Å²) in [5, 5.41) is 7.30. The van der Waals surface area contributed by atoms with Crippen LogP contribution in [-0.2, 0) is 10.5 Å². The third kappa shape index (κ3) is 5.13. The predicted octanol–water partition coefficient (Wildman–Crippen LogP) is 2.78. The molecule has 0 aromatic heterocycles. The SMILES string of the molecule is CCCCOc1ccc(C(=O)OC)cc1CSC(=N)N. The number of rotatable bonds is 7. The van der Waals surface area contributed by atoms with Crippen LogP contribution in [0.2, 0.25) is 0 Å². The van der Waals surface area contributed by atoms with E-state index in [1.165, 1.54) is 18.9 Å². The second-order valence-electron chi connectivity index (χ2n) is 4.17. The van der Waals surface area contributed by atoms with E-state index < -0.39 is 0 Å². The molecule has 0 aliphatic heterocycles. The number of hydrogen-bond donors (Lipinski definition) is 2. The first-order chi connectivity index (χ1) is 9.58. The van der Waals surface area contributed by atoms with Gasteiger partial charge >= 0.3 is 5.97 Å². The van der Waals surface area contributed by atoms with Crippen molar-refractivity contribution >= 4 is 22.9 Å². The van der Waals surface area contributed by atoms with Crippen LogP contribution in [0.25, 0.3) is 0 Å². The van der Waals surface area contributed by atoms with Gasteiger partial charge in [0.05, 0.1) is 19.3 Å². The van der Waals surface area contributed by atoms with Crippen molar-refractivity contribution in [2.75, 3.05) is 13.7 Å². The lowest BCUT2D eigenvalue weighted by Gasteiger charge is -2.12. The smallest absolute Gasteiger partial charge is 0.337 e. The molecular weight excluding hydrogens is 276 g/mol. The van der Waals surface area contributed by atoms with Crippen molar-refractivity contribution in [3.8, 4) is 5.75 Å². The average molecular weight is 296 g/mol. The summed E-state index contributed by atoms with van der Waals surface area (Å²) in [4.78, 5) is 11.5. The van der Waals surface area contributed by atoms with E-state index in [1.807, 2.05) is 0 Å². The molecular formula is C14H20N2O3S. The maximum absolute atomic E-state index is 11.5. The average Bonchev–Trinajstić information content (AvgIpc) is 2.45. The minimum Gasteiger partial charge on any atom is -0.493 e. The molecule has 1 rings (SSSR count). The minimum absolute atomic E-state index is 0.0352. The molecule has 20 heavy (non-hydrogen) atoms. The Balaban J connectivity index is 2.90. The largest absolute Gasteiger partial charge is 0.493 e. The van der Waals surface area contributed by atoms with Crippen LogP contribution in [0, 0.1) is 5.41 Å². The van der Waals surface area contributed by atoms with Crippen LogP contribution >= 0.6 is 11.8 Å². The highest BCUT2D eigenvalue weighted by Crippen LogP contribution is 2.25. The monoisotopic (exact) mass is 296 g/mol. The number of nitrogens with two attached hydrogens (primary N) is 1. The van der Waals surface area contributed by atoms with Gasteiger partial charge < -0.3 is 15.2 Å². The van der Waals surface area contributed by atoms with Crippen molar-refractivity contribution in [3.05, 3.63) is 29.3 Å². The van der Waals surface area contributed by atoms with Crippen LogP contribution in [0.3, 0.4) is 0 Å². The zero-order valence-electron chi connectivity index (χ0n) is 11.8. The number of esters is 1. The molecule has 0 spiro atoms. The topological polar surface area (TPSA) is 85.4 Å². The molecule has 0 unspecified atom stereocenters. The molecule has 0 amide bonds. The first kappa shape index (κ1) is 16.4. The molecule has 1 aromatic carbocycles. The molecule has 0 fully saturated rings. The Labute approximate surface area is 123 Å². The highest BCUT2D eigenvalue weighted by molar-refractivity contribution is 8.13. The Morgan fingerprint density at radius 3 is 2.80 bits per heavy atom. The first-order valence-corrected chi connectivity index (χ1v) is 7.38. The normalized spacial score (nSPS) is 10.1. The van der Waals surface area contributed by atoms with Crippen LogP contribution < -0.4 is 10.5 Å². The molecule has 0 saturated heterocycles. The molecule has 0 aliphatic rings. The molecule has 3 N–H and O–H groups in total. The van der Waals surface area contributed by atoms with E-state index >= 15 is 0 Å². The molecule has 1 aromatic rings. The number of hydrogen-bond acceptors (Lipinski definition) is 5. The summed E-state index contributed by atoms with van der Waals surface area (Å²) in [6.45, 7) is 2.72. The van der Waals surface area contributed by atoms with Crippen LogP contribution in [0.4, 0.5) is 0 Å². The van der Waals surface area contributed by atoms with E-state index in [1.54, 1.807) is 18.2 Å². The van der Waals surface area contributed by atoms with Gasteiger partial charge in [-0.05, 0) is 24.6 Å². The number of amidine groups is 1. The van der Waals surface area contributed by atoms with Crippen LogP contribution in [-0.4, -0.2) is 24.9 Å². The summed E-state index contributed by atoms with van der Waals surface area (Å²) in [6.07, 6.45) is 2.02. The van der Waals surface area contributed by atoms with Crippen molar-refractivity contribution in [1.82, 2.24) is 0 Å². The molecule has 0 heterocycles. The Morgan fingerprint density at radius 2 is 2.20 bits per heavy atom. The molecule has 0 aliphatic carbocycles. The van der Waals surface area contributed by atoms with E-state index in [0.29, 0.717) is 17.9 Å². The Morgan fingerprint density at radius 1 is 1.45 bits per heavy atom.